The molecule has 94 valence electrons. The van der Waals surface area contributed by atoms with Crippen molar-refractivity contribution >= 4 is 11.5 Å². The number of pyridine rings is 1. The van der Waals surface area contributed by atoms with E-state index in [1.807, 2.05) is 30.5 Å². The number of hydrogen-bond donors (Lipinski definition) is 1. The first kappa shape index (κ1) is 12.4. The third kappa shape index (κ3) is 2.62. The largest absolute Gasteiger partial charge is 0.399 e. The van der Waals surface area contributed by atoms with Gasteiger partial charge in [-0.25, -0.2) is 4.98 Å². The summed E-state index contributed by atoms with van der Waals surface area (Å²) < 4.78 is 0. The van der Waals surface area contributed by atoms with Crippen LogP contribution in [0.4, 0.5) is 11.5 Å². The highest BCUT2D eigenvalue weighted by Crippen LogP contribution is 2.21. The highest BCUT2D eigenvalue weighted by Gasteiger charge is 2.03. The van der Waals surface area contributed by atoms with Crippen LogP contribution in [0, 0.1) is 0 Å². The van der Waals surface area contributed by atoms with E-state index in [0.29, 0.717) is 0 Å². The fourth-order valence-corrected chi connectivity index (χ4v) is 1.97. The van der Waals surface area contributed by atoms with Gasteiger partial charge < -0.3 is 10.6 Å². The summed E-state index contributed by atoms with van der Waals surface area (Å²) in [7, 11) is 0. The summed E-state index contributed by atoms with van der Waals surface area (Å²) in [5, 5.41) is 0. The van der Waals surface area contributed by atoms with Gasteiger partial charge in [0.2, 0.25) is 0 Å². The molecule has 1 heterocycles. The highest BCUT2D eigenvalue weighted by atomic mass is 15.2. The fraction of sp³-hybridized carbons (Fsp3) is 0.267. The molecule has 1 aromatic heterocycles. The molecule has 3 heteroatoms. The molecule has 18 heavy (non-hydrogen) atoms. The Morgan fingerprint density at radius 3 is 2.06 bits per heavy atom. The molecule has 0 spiro atoms. The molecule has 0 saturated carbocycles. The lowest BCUT2D eigenvalue weighted by molar-refractivity contribution is 0.846. The van der Waals surface area contributed by atoms with Gasteiger partial charge >= 0.3 is 0 Å². The van der Waals surface area contributed by atoms with E-state index < -0.39 is 0 Å². The molecule has 0 bridgehead atoms. The predicted molar refractivity (Wildman–Crippen MR) is 77.6 cm³/mol. The molecule has 0 amide bonds. The summed E-state index contributed by atoms with van der Waals surface area (Å²) in [5.74, 6) is 1.03. The van der Waals surface area contributed by atoms with Gasteiger partial charge in [0.25, 0.3) is 0 Å². The van der Waals surface area contributed by atoms with Gasteiger partial charge in [-0.2, -0.15) is 0 Å². The number of nitrogen functional groups attached to an aromatic ring is 1. The second kappa shape index (κ2) is 5.54. The fourth-order valence-electron chi connectivity index (χ4n) is 1.97. The van der Waals surface area contributed by atoms with Crippen LogP contribution in [0.5, 0.6) is 0 Å². The predicted octanol–water partition coefficient (Wildman–Crippen LogP) is 3.18. The molecule has 2 aromatic rings. The lowest BCUT2D eigenvalue weighted by Crippen LogP contribution is -2.22. The van der Waals surface area contributed by atoms with Crippen LogP contribution >= 0.6 is 0 Å². The maximum Gasteiger partial charge on any atom is 0.128 e. The van der Waals surface area contributed by atoms with Gasteiger partial charge in [0.05, 0.1) is 0 Å². The van der Waals surface area contributed by atoms with Crippen molar-refractivity contribution in [2.24, 2.45) is 0 Å². The normalized spacial score (nSPS) is 10.3. The van der Waals surface area contributed by atoms with Crippen LogP contribution in [0.25, 0.3) is 11.1 Å². The van der Waals surface area contributed by atoms with Gasteiger partial charge in [0.1, 0.15) is 5.82 Å². The van der Waals surface area contributed by atoms with Crippen molar-refractivity contribution < 1.29 is 0 Å². The van der Waals surface area contributed by atoms with Crippen molar-refractivity contribution in [2.45, 2.75) is 13.8 Å². The summed E-state index contributed by atoms with van der Waals surface area (Å²) >= 11 is 0. The lowest BCUT2D eigenvalue weighted by Gasteiger charge is -2.19. The minimum atomic E-state index is 0.784. The second-order valence-corrected chi connectivity index (χ2v) is 4.20. The molecule has 0 saturated heterocycles. The van der Waals surface area contributed by atoms with E-state index in [1.165, 1.54) is 0 Å². The summed E-state index contributed by atoms with van der Waals surface area (Å²) in [6.45, 7) is 6.23. The molecule has 0 atom stereocenters. The third-order valence-corrected chi connectivity index (χ3v) is 3.08. The second-order valence-electron chi connectivity index (χ2n) is 4.20. The first-order valence-corrected chi connectivity index (χ1v) is 6.31. The van der Waals surface area contributed by atoms with Crippen molar-refractivity contribution in [3.63, 3.8) is 0 Å². The van der Waals surface area contributed by atoms with Crippen LogP contribution in [0.2, 0.25) is 0 Å². The van der Waals surface area contributed by atoms with E-state index >= 15 is 0 Å². The average molecular weight is 241 g/mol. The molecule has 1 aromatic carbocycles. The van der Waals surface area contributed by atoms with Crippen molar-refractivity contribution in [1.29, 1.82) is 0 Å². The number of rotatable bonds is 4. The zero-order valence-electron chi connectivity index (χ0n) is 10.9. The van der Waals surface area contributed by atoms with Crippen LogP contribution in [-0.4, -0.2) is 18.1 Å². The van der Waals surface area contributed by atoms with Gasteiger partial charge in [-0.3, -0.25) is 0 Å². The quantitative estimate of drug-likeness (QED) is 0.836. The van der Waals surface area contributed by atoms with Crippen LogP contribution < -0.4 is 10.6 Å². The molecule has 2 rings (SSSR count). The van der Waals surface area contributed by atoms with Crippen molar-refractivity contribution in [1.82, 2.24) is 4.98 Å². The number of nitrogens with zero attached hydrogens (tertiary/aromatic N) is 2. The van der Waals surface area contributed by atoms with Gasteiger partial charge in [-0.1, -0.05) is 12.1 Å². The van der Waals surface area contributed by atoms with E-state index in [2.05, 4.69) is 35.9 Å². The summed E-state index contributed by atoms with van der Waals surface area (Å²) in [6.07, 6.45) is 1.92. The minimum Gasteiger partial charge on any atom is -0.399 e. The Balaban J connectivity index is 2.24. The number of anilines is 2. The third-order valence-electron chi connectivity index (χ3n) is 3.08. The smallest absolute Gasteiger partial charge is 0.128 e. The molecule has 0 aliphatic carbocycles. The molecule has 3 nitrogen and oxygen atoms in total. The highest BCUT2D eigenvalue weighted by molar-refractivity contribution is 5.65. The molecule has 0 aliphatic rings. The van der Waals surface area contributed by atoms with Gasteiger partial charge in [-0.15, -0.1) is 0 Å². The van der Waals surface area contributed by atoms with Gasteiger partial charge in [0, 0.05) is 30.5 Å². The van der Waals surface area contributed by atoms with Crippen LogP contribution in [0.3, 0.4) is 0 Å². The Morgan fingerprint density at radius 1 is 0.944 bits per heavy atom. The zero-order valence-corrected chi connectivity index (χ0v) is 10.9. The Bertz CT molecular complexity index is 484. The topological polar surface area (TPSA) is 42.1 Å². The van der Waals surface area contributed by atoms with E-state index in [9.17, 15) is 0 Å². The Hall–Kier alpha value is -2.03. The van der Waals surface area contributed by atoms with Crippen molar-refractivity contribution in [2.75, 3.05) is 23.7 Å². The van der Waals surface area contributed by atoms with Crippen LogP contribution in [0.15, 0.2) is 42.6 Å². The van der Waals surface area contributed by atoms with Crippen molar-refractivity contribution in [3.05, 3.63) is 42.6 Å². The average Bonchev–Trinajstić information content (AvgIpc) is 2.42. The number of nitrogens with two attached hydrogens (primary N) is 1. The van der Waals surface area contributed by atoms with Gasteiger partial charge in [0.15, 0.2) is 0 Å². The van der Waals surface area contributed by atoms with Crippen molar-refractivity contribution in [3.8, 4) is 11.1 Å². The first-order valence-electron chi connectivity index (χ1n) is 6.31. The van der Waals surface area contributed by atoms with Crippen LogP contribution in [-0.2, 0) is 0 Å². The molecular formula is C15H19N3. The number of benzene rings is 1. The summed E-state index contributed by atoms with van der Waals surface area (Å²) in [6, 6.07) is 12.0. The number of aromatic nitrogens is 1. The molecule has 0 unspecified atom stereocenters. The van der Waals surface area contributed by atoms with E-state index in [4.69, 9.17) is 5.73 Å². The van der Waals surface area contributed by atoms with E-state index in [-0.39, 0.29) is 0 Å². The van der Waals surface area contributed by atoms with E-state index in [1.54, 1.807) is 0 Å². The maximum absolute atomic E-state index is 5.68. The Kier molecular flexibility index (Phi) is 3.82. The minimum absolute atomic E-state index is 0.784. The SMILES string of the molecule is CCN(CC)c1ccc(-c2ccc(N)cc2)cn1. The maximum atomic E-state index is 5.68. The molecule has 0 aliphatic heterocycles. The molecule has 2 N–H and O–H groups in total. The lowest BCUT2D eigenvalue weighted by atomic mass is 10.1. The monoisotopic (exact) mass is 241 g/mol. The summed E-state index contributed by atoms with van der Waals surface area (Å²) in [5.41, 5.74) is 8.72. The van der Waals surface area contributed by atoms with Gasteiger partial charge in [-0.05, 0) is 43.7 Å². The zero-order chi connectivity index (χ0) is 13.0. The summed E-state index contributed by atoms with van der Waals surface area (Å²) in [4.78, 5) is 6.74. The Morgan fingerprint density at radius 2 is 1.56 bits per heavy atom. The molecular weight excluding hydrogens is 222 g/mol. The molecule has 0 radical (unpaired) electrons. The van der Waals surface area contributed by atoms with Crippen LogP contribution in [0.1, 0.15) is 13.8 Å². The standard InChI is InChI=1S/C15H19N3/c1-3-18(4-2)15-10-7-13(11-17-15)12-5-8-14(16)9-6-12/h5-11H,3-4,16H2,1-2H3. The molecule has 0 fully saturated rings. The first-order chi connectivity index (χ1) is 8.74. The Labute approximate surface area is 108 Å². The number of hydrogen-bond acceptors (Lipinski definition) is 3. The van der Waals surface area contributed by atoms with E-state index in [0.717, 1.165) is 35.7 Å².